The topological polar surface area (TPSA) is 48.3 Å². The highest BCUT2D eigenvalue weighted by molar-refractivity contribution is 5.44. The molecule has 0 spiro atoms. The van der Waals surface area contributed by atoms with Gasteiger partial charge in [-0.05, 0) is 37.7 Å². The minimum Gasteiger partial charge on any atom is -0.486 e. The predicted octanol–water partition coefficient (Wildman–Crippen LogP) is 2.00. The smallest absolute Gasteiger partial charge is 0.161 e. The molecule has 2 aromatic rings. The van der Waals surface area contributed by atoms with Crippen LogP contribution in [0.1, 0.15) is 23.0 Å². The van der Waals surface area contributed by atoms with E-state index in [0.717, 1.165) is 23.6 Å². The van der Waals surface area contributed by atoms with Gasteiger partial charge in [0.2, 0.25) is 0 Å². The molecule has 0 aliphatic carbocycles. The maximum absolute atomic E-state index is 5.67. The Hall–Kier alpha value is -2.01. The Morgan fingerprint density at radius 1 is 1.24 bits per heavy atom. The van der Waals surface area contributed by atoms with Crippen LogP contribution in [0.4, 0.5) is 0 Å². The third-order valence-electron chi connectivity index (χ3n) is 3.83. The van der Waals surface area contributed by atoms with Gasteiger partial charge in [-0.2, -0.15) is 5.10 Å². The zero-order valence-corrected chi connectivity index (χ0v) is 12.7. The quantitative estimate of drug-likeness (QED) is 0.934. The highest BCUT2D eigenvalue weighted by Gasteiger charge is 2.17. The van der Waals surface area contributed by atoms with Gasteiger partial charge in [0.25, 0.3) is 0 Å². The fourth-order valence-corrected chi connectivity index (χ4v) is 2.73. The number of aromatic nitrogens is 2. The summed E-state index contributed by atoms with van der Waals surface area (Å²) in [5, 5.41) is 7.78. The first-order valence-corrected chi connectivity index (χ1v) is 7.23. The molecule has 0 radical (unpaired) electrons. The molecule has 0 saturated carbocycles. The molecule has 5 nitrogen and oxygen atoms in total. The molecule has 1 unspecified atom stereocenters. The Labute approximate surface area is 124 Å². The normalized spacial score (nSPS) is 15.0. The molecular formula is C16H21N3O2. The average molecular weight is 287 g/mol. The van der Waals surface area contributed by atoms with E-state index in [1.165, 1.54) is 11.3 Å². The first kappa shape index (κ1) is 13.9. The van der Waals surface area contributed by atoms with Crippen molar-refractivity contribution in [1.82, 2.24) is 15.1 Å². The number of fused-ring (bicyclic) bond motifs is 1. The van der Waals surface area contributed by atoms with Crippen LogP contribution in [0, 0.1) is 6.92 Å². The van der Waals surface area contributed by atoms with Crippen LogP contribution >= 0.6 is 0 Å². The van der Waals surface area contributed by atoms with E-state index in [4.69, 9.17) is 9.47 Å². The van der Waals surface area contributed by atoms with Gasteiger partial charge in [0.05, 0.1) is 5.69 Å². The lowest BCUT2D eigenvalue weighted by Gasteiger charge is -2.22. The van der Waals surface area contributed by atoms with Gasteiger partial charge in [-0.3, -0.25) is 4.68 Å². The van der Waals surface area contributed by atoms with E-state index in [2.05, 4.69) is 28.6 Å². The van der Waals surface area contributed by atoms with Crippen LogP contribution in [-0.2, 0) is 13.5 Å². The second-order valence-electron chi connectivity index (χ2n) is 5.35. The van der Waals surface area contributed by atoms with Gasteiger partial charge >= 0.3 is 0 Å². The molecule has 0 bridgehead atoms. The Bertz CT molecular complexity index is 636. The predicted molar refractivity (Wildman–Crippen MR) is 80.9 cm³/mol. The molecule has 1 aliphatic heterocycles. The summed E-state index contributed by atoms with van der Waals surface area (Å²) < 4.78 is 13.2. The van der Waals surface area contributed by atoms with Crippen LogP contribution in [0.5, 0.6) is 11.5 Å². The van der Waals surface area contributed by atoms with E-state index in [-0.39, 0.29) is 6.04 Å². The largest absolute Gasteiger partial charge is 0.486 e. The van der Waals surface area contributed by atoms with Crippen molar-refractivity contribution >= 4 is 0 Å². The number of ether oxygens (including phenoxy) is 2. The Morgan fingerprint density at radius 2 is 2.00 bits per heavy atom. The van der Waals surface area contributed by atoms with Gasteiger partial charge < -0.3 is 14.8 Å². The van der Waals surface area contributed by atoms with E-state index < -0.39 is 0 Å². The molecular weight excluding hydrogens is 266 g/mol. The van der Waals surface area contributed by atoms with Crippen molar-refractivity contribution in [3.8, 4) is 11.5 Å². The zero-order chi connectivity index (χ0) is 14.8. The van der Waals surface area contributed by atoms with Crippen LogP contribution in [0.25, 0.3) is 0 Å². The van der Waals surface area contributed by atoms with Crippen molar-refractivity contribution in [1.29, 1.82) is 0 Å². The van der Waals surface area contributed by atoms with E-state index in [0.29, 0.717) is 13.2 Å². The maximum atomic E-state index is 5.67. The summed E-state index contributed by atoms with van der Waals surface area (Å²) in [5.41, 5.74) is 3.45. The molecule has 1 atom stereocenters. The molecule has 1 N–H and O–H groups in total. The molecule has 1 aromatic heterocycles. The van der Waals surface area contributed by atoms with Crippen molar-refractivity contribution in [3.63, 3.8) is 0 Å². The number of rotatable bonds is 4. The van der Waals surface area contributed by atoms with Gasteiger partial charge in [-0.15, -0.1) is 0 Å². The van der Waals surface area contributed by atoms with Crippen LogP contribution in [0.3, 0.4) is 0 Å². The molecule has 1 aromatic carbocycles. The van der Waals surface area contributed by atoms with Crippen molar-refractivity contribution in [2.75, 3.05) is 20.3 Å². The number of hydrogen-bond acceptors (Lipinski definition) is 4. The molecule has 5 heteroatoms. The molecule has 0 saturated heterocycles. The number of nitrogens with one attached hydrogen (secondary N) is 1. The van der Waals surface area contributed by atoms with Gasteiger partial charge in [-0.25, -0.2) is 0 Å². The standard InChI is InChI=1S/C16H21N3O2/c1-11-8-13(19(3)18-11)10-14(17-2)12-4-5-15-16(9-12)21-7-6-20-15/h4-5,8-9,14,17H,6-7,10H2,1-3H3. The molecule has 2 heterocycles. The van der Waals surface area contributed by atoms with Crippen LogP contribution in [0.15, 0.2) is 24.3 Å². The summed E-state index contributed by atoms with van der Waals surface area (Å²) in [4.78, 5) is 0. The number of benzene rings is 1. The maximum Gasteiger partial charge on any atom is 0.161 e. The van der Waals surface area contributed by atoms with E-state index in [1.54, 1.807) is 0 Å². The summed E-state index contributed by atoms with van der Waals surface area (Å²) in [6.07, 6.45) is 0.882. The summed E-state index contributed by atoms with van der Waals surface area (Å²) in [7, 11) is 3.96. The lowest BCUT2D eigenvalue weighted by molar-refractivity contribution is 0.171. The van der Waals surface area contributed by atoms with Crippen molar-refractivity contribution < 1.29 is 9.47 Å². The molecule has 3 rings (SSSR count). The number of likely N-dealkylation sites (N-methyl/N-ethyl adjacent to an activating group) is 1. The number of aryl methyl sites for hydroxylation is 2. The number of nitrogens with zero attached hydrogens (tertiary/aromatic N) is 2. The number of hydrogen-bond donors (Lipinski definition) is 1. The second kappa shape index (κ2) is 5.77. The molecule has 1 aliphatic rings. The minimum absolute atomic E-state index is 0.218. The first-order valence-electron chi connectivity index (χ1n) is 7.23. The van der Waals surface area contributed by atoms with E-state index >= 15 is 0 Å². The SMILES string of the molecule is CNC(Cc1cc(C)nn1C)c1ccc2c(c1)OCCO2. The molecule has 0 amide bonds. The third kappa shape index (κ3) is 2.88. The summed E-state index contributed by atoms with van der Waals surface area (Å²) in [5.74, 6) is 1.66. The summed E-state index contributed by atoms with van der Waals surface area (Å²) in [6.45, 7) is 3.25. The lowest BCUT2D eigenvalue weighted by atomic mass is 10.0. The molecule has 21 heavy (non-hydrogen) atoms. The Morgan fingerprint density at radius 3 is 2.67 bits per heavy atom. The highest BCUT2D eigenvalue weighted by Crippen LogP contribution is 2.33. The summed E-state index contributed by atoms with van der Waals surface area (Å²) >= 11 is 0. The molecule has 0 fully saturated rings. The third-order valence-corrected chi connectivity index (χ3v) is 3.83. The second-order valence-corrected chi connectivity index (χ2v) is 5.35. The van der Waals surface area contributed by atoms with Crippen molar-refractivity contribution in [3.05, 3.63) is 41.2 Å². The fraction of sp³-hybridized carbons (Fsp3) is 0.438. The average Bonchev–Trinajstić information content (AvgIpc) is 2.82. The van der Waals surface area contributed by atoms with Gasteiger partial charge in [0.1, 0.15) is 13.2 Å². The van der Waals surface area contributed by atoms with Gasteiger partial charge in [0, 0.05) is 25.2 Å². The highest BCUT2D eigenvalue weighted by atomic mass is 16.6. The van der Waals surface area contributed by atoms with Gasteiger partial charge in [0.15, 0.2) is 11.5 Å². The van der Waals surface area contributed by atoms with E-state index in [9.17, 15) is 0 Å². The Balaban J connectivity index is 1.84. The Kier molecular flexibility index (Phi) is 3.84. The first-order chi connectivity index (χ1) is 10.2. The fourth-order valence-electron chi connectivity index (χ4n) is 2.73. The monoisotopic (exact) mass is 287 g/mol. The lowest BCUT2D eigenvalue weighted by Crippen LogP contribution is -2.21. The zero-order valence-electron chi connectivity index (χ0n) is 12.7. The minimum atomic E-state index is 0.218. The van der Waals surface area contributed by atoms with Crippen molar-refractivity contribution in [2.24, 2.45) is 7.05 Å². The van der Waals surface area contributed by atoms with Crippen LogP contribution in [-0.4, -0.2) is 30.0 Å². The van der Waals surface area contributed by atoms with Crippen LogP contribution in [0.2, 0.25) is 0 Å². The van der Waals surface area contributed by atoms with Gasteiger partial charge in [-0.1, -0.05) is 6.07 Å². The van der Waals surface area contributed by atoms with E-state index in [1.807, 2.05) is 31.8 Å². The molecule has 112 valence electrons. The van der Waals surface area contributed by atoms with Crippen LogP contribution < -0.4 is 14.8 Å². The van der Waals surface area contributed by atoms with Crippen molar-refractivity contribution in [2.45, 2.75) is 19.4 Å². The summed E-state index contributed by atoms with van der Waals surface area (Å²) in [6, 6.07) is 8.50.